The second kappa shape index (κ2) is 10.1. The largest absolute Gasteiger partial charge is 0.432 e. The molecule has 1 aliphatic heterocycles. The fourth-order valence-electron chi connectivity index (χ4n) is 3.91. The average molecular weight is 490 g/mol. The summed E-state index contributed by atoms with van der Waals surface area (Å²) in [6.45, 7) is -0.794. The van der Waals surface area contributed by atoms with E-state index in [9.17, 15) is 27.6 Å². The number of aldehydes is 1. The van der Waals surface area contributed by atoms with Crippen molar-refractivity contribution < 1.29 is 27.5 Å². The Kier molecular flexibility index (Phi) is 6.96. The molecule has 0 spiro atoms. The minimum atomic E-state index is -3.12. The third kappa shape index (κ3) is 5.24. The Labute approximate surface area is 196 Å². The lowest BCUT2D eigenvalue weighted by Crippen LogP contribution is -2.46. The third-order valence-electron chi connectivity index (χ3n) is 5.58. The number of ether oxygens (including phenoxy) is 1. The number of carbonyl (C=O) groups excluding carboxylic acids is 2. The number of amides is 1. The molecule has 1 aliphatic rings. The van der Waals surface area contributed by atoms with Crippen LogP contribution in [0.15, 0.2) is 29.1 Å². The molecule has 2 N–H and O–H groups in total. The lowest BCUT2D eigenvalue weighted by atomic mass is 10.1. The first-order chi connectivity index (χ1) is 16.8. The highest BCUT2D eigenvalue weighted by Crippen LogP contribution is 2.27. The molecule has 3 aromatic rings. The summed E-state index contributed by atoms with van der Waals surface area (Å²) in [5.41, 5.74) is -0.213. The zero-order chi connectivity index (χ0) is 25.1. The van der Waals surface area contributed by atoms with Gasteiger partial charge in [0.25, 0.3) is 11.5 Å². The number of hydrogen-bond donors (Lipinski definition) is 2. The number of halogens is 3. The first-order valence-electron chi connectivity index (χ1n) is 10.6. The van der Waals surface area contributed by atoms with Gasteiger partial charge in [0.1, 0.15) is 11.2 Å². The van der Waals surface area contributed by atoms with Gasteiger partial charge >= 0.3 is 6.61 Å². The van der Waals surface area contributed by atoms with E-state index in [0.29, 0.717) is 38.3 Å². The number of fused-ring (bicyclic) bond motifs is 1. The highest BCUT2D eigenvalue weighted by Gasteiger charge is 2.22. The summed E-state index contributed by atoms with van der Waals surface area (Å²) in [5.74, 6) is -1.48. The van der Waals surface area contributed by atoms with Crippen molar-refractivity contribution in [3.8, 4) is 5.75 Å². The van der Waals surface area contributed by atoms with E-state index in [1.54, 1.807) is 11.0 Å². The van der Waals surface area contributed by atoms with Gasteiger partial charge in [-0.25, -0.2) is 9.97 Å². The van der Waals surface area contributed by atoms with Gasteiger partial charge in [-0.15, -0.1) is 0 Å². The minimum Gasteiger partial charge on any atom is -0.432 e. The Hall–Kier alpha value is -4.00. The molecule has 35 heavy (non-hydrogen) atoms. The molecule has 1 saturated heterocycles. The van der Waals surface area contributed by atoms with Crippen LogP contribution in [0.3, 0.4) is 0 Å². The zero-order valence-corrected chi connectivity index (χ0v) is 18.6. The highest BCUT2D eigenvalue weighted by atomic mass is 19.3. The topological polar surface area (TPSA) is 121 Å². The summed E-state index contributed by atoms with van der Waals surface area (Å²) in [6, 6.07) is 5.94. The zero-order valence-electron chi connectivity index (χ0n) is 18.6. The molecule has 13 heteroatoms. The molecule has 0 radical (unpaired) electrons. The smallest absolute Gasteiger partial charge is 0.387 e. The number of carbonyl (C=O) groups is 2. The molecule has 0 atom stereocenters. The molecule has 184 valence electrons. The van der Waals surface area contributed by atoms with Crippen molar-refractivity contribution in [2.24, 2.45) is 0 Å². The van der Waals surface area contributed by atoms with Crippen molar-refractivity contribution in [1.82, 2.24) is 25.2 Å². The first-order valence-corrected chi connectivity index (χ1v) is 10.6. The van der Waals surface area contributed by atoms with Gasteiger partial charge in [-0.1, -0.05) is 0 Å². The summed E-state index contributed by atoms with van der Waals surface area (Å²) < 4.78 is 45.0. The SMILES string of the molecule is CNC(=O)c1ccc(N2CCN(Cc3cc(OC(F)F)c4nc(C=O)c(=O)[nH]c4c3)CC2)c(F)n1. The Morgan fingerprint density at radius 3 is 2.60 bits per heavy atom. The number of aromatic nitrogens is 3. The van der Waals surface area contributed by atoms with Gasteiger partial charge in [-0.3, -0.25) is 19.3 Å². The van der Waals surface area contributed by atoms with Crippen molar-refractivity contribution >= 4 is 28.9 Å². The summed E-state index contributed by atoms with van der Waals surface area (Å²) in [6.07, 6.45) is 0.238. The molecule has 0 unspecified atom stereocenters. The quantitative estimate of drug-likeness (QED) is 0.378. The van der Waals surface area contributed by atoms with Crippen LogP contribution in [0.25, 0.3) is 11.0 Å². The molecule has 0 saturated carbocycles. The van der Waals surface area contributed by atoms with E-state index < -0.39 is 29.7 Å². The van der Waals surface area contributed by atoms with E-state index in [4.69, 9.17) is 0 Å². The summed E-state index contributed by atoms with van der Waals surface area (Å²) in [5, 5.41) is 2.39. The van der Waals surface area contributed by atoms with Gasteiger partial charge < -0.3 is 19.9 Å². The van der Waals surface area contributed by atoms with Crippen LogP contribution in [0.5, 0.6) is 5.75 Å². The Bertz CT molecular complexity index is 1320. The van der Waals surface area contributed by atoms with Crippen LogP contribution in [0, 0.1) is 5.95 Å². The minimum absolute atomic E-state index is 0.0155. The molecule has 0 bridgehead atoms. The van der Waals surface area contributed by atoms with Crippen molar-refractivity contribution in [3.63, 3.8) is 0 Å². The number of benzene rings is 1. The van der Waals surface area contributed by atoms with Crippen molar-refractivity contribution in [1.29, 1.82) is 0 Å². The second-order valence-corrected chi connectivity index (χ2v) is 7.79. The van der Waals surface area contributed by atoms with Gasteiger partial charge in [-0.05, 0) is 29.8 Å². The number of piperazine rings is 1. The van der Waals surface area contributed by atoms with E-state index in [-0.39, 0.29) is 34.5 Å². The fourth-order valence-corrected chi connectivity index (χ4v) is 3.91. The standard InChI is InChI=1S/C22H21F3N6O4/c1-26-20(33)13-2-3-16(19(23)28-13)31-6-4-30(5-7-31)10-12-8-14-18(17(9-12)35-22(24)25)27-15(11-32)21(34)29-14/h2-3,8-9,11,22H,4-7,10H2,1H3,(H,26,33)(H,29,34). The van der Waals surface area contributed by atoms with E-state index in [2.05, 4.69) is 25.0 Å². The van der Waals surface area contributed by atoms with Crippen molar-refractivity contribution in [2.75, 3.05) is 38.1 Å². The lowest BCUT2D eigenvalue weighted by Gasteiger charge is -2.36. The monoisotopic (exact) mass is 490 g/mol. The maximum atomic E-state index is 14.5. The number of alkyl halides is 2. The van der Waals surface area contributed by atoms with Crippen molar-refractivity contribution in [2.45, 2.75) is 13.2 Å². The van der Waals surface area contributed by atoms with Crippen molar-refractivity contribution in [3.05, 3.63) is 57.5 Å². The maximum absolute atomic E-state index is 14.5. The number of H-pyrrole nitrogens is 1. The molecular formula is C22H21F3N6O4. The normalized spacial score (nSPS) is 14.4. The molecular weight excluding hydrogens is 469 g/mol. The summed E-state index contributed by atoms with van der Waals surface area (Å²) in [4.78, 5) is 48.5. The molecule has 0 aliphatic carbocycles. The van der Waals surface area contributed by atoms with E-state index >= 15 is 0 Å². The van der Waals surface area contributed by atoms with Gasteiger partial charge in [0, 0.05) is 39.8 Å². The van der Waals surface area contributed by atoms with Gasteiger partial charge in [0.15, 0.2) is 17.7 Å². The average Bonchev–Trinajstić information content (AvgIpc) is 2.83. The number of nitrogens with zero attached hydrogens (tertiary/aromatic N) is 4. The molecule has 10 nitrogen and oxygen atoms in total. The van der Waals surface area contributed by atoms with Crippen LogP contribution in [-0.4, -0.2) is 71.9 Å². The second-order valence-electron chi connectivity index (χ2n) is 7.79. The lowest BCUT2D eigenvalue weighted by molar-refractivity contribution is -0.0489. The van der Waals surface area contributed by atoms with Gasteiger partial charge in [0.05, 0.1) is 11.2 Å². The number of pyridine rings is 1. The molecule has 1 amide bonds. The van der Waals surface area contributed by atoms with E-state index in [0.717, 1.165) is 0 Å². The molecule has 1 aromatic carbocycles. The highest BCUT2D eigenvalue weighted by molar-refractivity contribution is 5.92. The molecule has 1 fully saturated rings. The van der Waals surface area contributed by atoms with Gasteiger partial charge in [-0.2, -0.15) is 13.2 Å². The van der Waals surface area contributed by atoms with Crippen LogP contribution in [0.1, 0.15) is 26.5 Å². The summed E-state index contributed by atoms with van der Waals surface area (Å²) in [7, 11) is 1.43. The molecule has 2 aromatic heterocycles. The van der Waals surface area contributed by atoms with Crippen LogP contribution < -0.4 is 20.5 Å². The maximum Gasteiger partial charge on any atom is 0.387 e. The number of nitrogens with one attached hydrogen (secondary N) is 2. The molecule has 3 heterocycles. The Morgan fingerprint density at radius 1 is 1.23 bits per heavy atom. The Balaban J connectivity index is 1.50. The Morgan fingerprint density at radius 2 is 1.97 bits per heavy atom. The number of anilines is 1. The summed E-state index contributed by atoms with van der Waals surface area (Å²) >= 11 is 0. The van der Waals surface area contributed by atoms with E-state index in [1.807, 2.05) is 4.90 Å². The third-order valence-corrected chi connectivity index (χ3v) is 5.58. The van der Waals surface area contributed by atoms with Crippen LogP contribution in [0.4, 0.5) is 18.9 Å². The predicted octanol–water partition coefficient (Wildman–Crippen LogP) is 1.55. The first kappa shape index (κ1) is 24.1. The van der Waals surface area contributed by atoms with Crippen LogP contribution in [-0.2, 0) is 6.54 Å². The fraction of sp³-hybridized carbons (Fsp3) is 0.318. The van der Waals surface area contributed by atoms with Gasteiger partial charge in [0.2, 0.25) is 5.95 Å². The molecule has 4 rings (SSSR count). The number of aromatic amines is 1. The predicted molar refractivity (Wildman–Crippen MR) is 119 cm³/mol. The van der Waals surface area contributed by atoms with Crippen LogP contribution in [0.2, 0.25) is 0 Å². The number of rotatable bonds is 7. The number of hydrogen-bond acceptors (Lipinski definition) is 8. The van der Waals surface area contributed by atoms with E-state index in [1.165, 1.54) is 25.2 Å². The van der Waals surface area contributed by atoms with Crippen LogP contribution >= 0.6 is 0 Å².